The van der Waals surface area contributed by atoms with Crippen molar-refractivity contribution >= 4 is 50.7 Å². The molecule has 1 N–H and O–H groups in total. The van der Waals surface area contributed by atoms with Crippen LogP contribution in [0.3, 0.4) is 0 Å². The molecule has 0 aliphatic heterocycles. The molecule has 0 unspecified atom stereocenters. The monoisotopic (exact) mass is 527 g/mol. The van der Waals surface area contributed by atoms with Gasteiger partial charge in [-0.05, 0) is 62.1 Å². The molecule has 7 nitrogen and oxygen atoms in total. The van der Waals surface area contributed by atoms with E-state index in [2.05, 4.69) is 5.32 Å². The van der Waals surface area contributed by atoms with Crippen molar-refractivity contribution in [1.29, 1.82) is 0 Å². The average Bonchev–Trinajstić information content (AvgIpc) is 2.75. The van der Waals surface area contributed by atoms with Gasteiger partial charge in [-0.25, -0.2) is 8.42 Å². The highest BCUT2D eigenvalue weighted by Crippen LogP contribution is 2.26. The van der Waals surface area contributed by atoms with Crippen molar-refractivity contribution in [2.45, 2.75) is 46.7 Å². The van der Waals surface area contributed by atoms with E-state index in [9.17, 15) is 18.0 Å². The Kier molecular flexibility index (Phi) is 9.79. The lowest BCUT2D eigenvalue weighted by Crippen LogP contribution is -2.51. The number of hydrogen-bond donors (Lipinski definition) is 1. The van der Waals surface area contributed by atoms with Gasteiger partial charge >= 0.3 is 0 Å². The summed E-state index contributed by atoms with van der Waals surface area (Å²) in [6, 6.07) is 9.43. The number of nitrogens with zero attached hydrogens (tertiary/aromatic N) is 2. The summed E-state index contributed by atoms with van der Waals surface area (Å²) in [4.78, 5) is 27.6. The number of carbonyl (C=O) groups excluding carboxylic acids is 2. The number of benzene rings is 2. The largest absolute Gasteiger partial charge is 0.354 e. The highest BCUT2D eigenvalue weighted by Gasteiger charge is 2.30. The van der Waals surface area contributed by atoms with Gasteiger partial charge in [-0.15, -0.1) is 0 Å². The summed E-state index contributed by atoms with van der Waals surface area (Å²) in [6.45, 7) is 7.18. The first-order valence-electron chi connectivity index (χ1n) is 10.9. The van der Waals surface area contributed by atoms with Crippen molar-refractivity contribution in [2.75, 3.05) is 23.7 Å². The summed E-state index contributed by atoms with van der Waals surface area (Å²) in [5.41, 5.74) is 2.58. The van der Waals surface area contributed by atoms with Crippen LogP contribution in [0.2, 0.25) is 10.0 Å². The molecule has 34 heavy (non-hydrogen) atoms. The molecule has 0 fully saturated rings. The van der Waals surface area contributed by atoms with E-state index >= 15 is 0 Å². The minimum Gasteiger partial charge on any atom is -0.354 e. The molecule has 0 aromatic heterocycles. The lowest BCUT2D eigenvalue weighted by molar-refractivity contribution is -0.139. The number of halogens is 2. The zero-order valence-corrected chi connectivity index (χ0v) is 22.4. The lowest BCUT2D eigenvalue weighted by Gasteiger charge is -2.32. The van der Waals surface area contributed by atoms with E-state index in [1.165, 1.54) is 4.90 Å². The van der Waals surface area contributed by atoms with Crippen molar-refractivity contribution in [3.63, 3.8) is 0 Å². The van der Waals surface area contributed by atoms with Crippen molar-refractivity contribution in [3.05, 3.63) is 63.1 Å². The summed E-state index contributed by atoms with van der Waals surface area (Å²) < 4.78 is 26.5. The normalized spacial score (nSPS) is 12.2. The number of hydrogen-bond acceptors (Lipinski definition) is 4. The Balaban J connectivity index is 2.45. The third-order valence-electron chi connectivity index (χ3n) is 5.38. The molecule has 0 heterocycles. The van der Waals surface area contributed by atoms with E-state index in [4.69, 9.17) is 23.2 Å². The van der Waals surface area contributed by atoms with Crippen molar-refractivity contribution in [1.82, 2.24) is 10.2 Å². The number of carbonyl (C=O) groups is 2. The van der Waals surface area contributed by atoms with E-state index in [0.29, 0.717) is 33.4 Å². The molecule has 2 amide bonds. The lowest BCUT2D eigenvalue weighted by atomic mass is 10.1. The zero-order chi connectivity index (χ0) is 25.6. The van der Waals surface area contributed by atoms with Gasteiger partial charge in [0.2, 0.25) is 21.8 Å². The molecule has 2 rings (SSSR count). The Bertz CT molecular complexity index is 1150. The van der Waals surface area contributed by atoms with Crippen LogP contribution in [0.25, 0.3) is 0 Å². The van der Waals surface area contributed by atoms with Crippen LogP contribution < -0.4 is 9.62 Å². The molecule has 10 heteroatoms. The first kappa shape index (κ1) is 28.0. The van der Waals surface area contributed by atoms with Crippen molar-refractivity contribution < 1.29 is 18.0 Å². The molecule has 1 atom stereocenters. The molecule has 0 saturated carbocycles. The molecule has 0 bridgehead atoms. The van der Waals surface area contributed by atoms with E-state index in [0.717, 1.165) is 22.5 Å². The third kappa shape index (κ3) is 7.35. The van der Waals surface area contributed by atoms with Crippen molar-refractivity contribution in [3.8, 4) is 0 Å². The van der Waals surface area contributed by atoms with Gasteiger partial charge in [-0.1, -0.05) is 48.3 Å². The molecule has 0 spiro atoms. The maximum Gasteiger partial charge on any atom is 0.244 e. The molecule has 2 aromatic rings. The second-order valence-corrected chi connectivity index (χ2v) is 11.0. The molecule has 0 aliphatic rings. The van der Waals surface area contributed by atoms with Crippen molar-refractivity contribution in [2.24, 2.45) is 0 Å². The smallest absolute Gasteiger partial charge is 0.244 e. The Morgan fingerprint density at radius 2 is 1.76 bits per heavy atom. The number of anilines is 1. The van der Waals surface area contributed by atoms with Crippen LogP contribution in [-0.2, 0) is 26.2 Å². The van der Waals surface area contributed by atoms with Gasteiger partial charge in [0.25, 0.3) is 0 Å². The zero-order valence-electron chi connectivity index (χ0n) is 20.1. The van der Waals surface area contributed by atoms with Gasteiger partial charge in [0.15, 0.2) is 0 Å². The molecule has 0 radical (unpaired) electrons. The number of sulfonamides is 1. The van der Waals surface area contributed by atoms with Gasteiger partial charge in [0.05, 0.1) is 11.9 Å². The van der Waals surface area contributed by atoms with E-state index in [1.54, 1.807) is 44.2 Å². The predicted octanol–water partition coefficient (Wildman–Crippen LogP) is 4.32. The summed E-state index contributed by atoms with van der Waals surface area (Å²) in [5, 5.41) is 3.58. The predicted molar refractivity (Wildman–Crippen MR) is 138 cm³/mol. The summed E-state index contributed by atoms with van der Waals surface area (Å²) in [7, 11) is -3.79. The van der Waals surface area contributed by atoms with Crippen LogP contribution in [0.4, 0.5) is 5.69 Å². The summed E-state index contributed by atoms with van der Waals surface area (Å²) in [5.74, 6) is -0.866. The van der Waals surface area contributed by atoms with Crippen LogP contribution >= 0.6 is 23.2 Å². The SMILES string of the molecule is CCCNC(=O)[C@H](C)N(Cc1ccc(Cl)cc1Cl)C(=O)CN(c1cc(C)ccc1C)S(C)(=O)=O. The molecular formula is C24H31Cl2N3O4S. The van der Waals surface area contributed by atoms with Gasteiger partial charge in [0.1, 0.15) is 12.6 Å². The third-order valence-corrected chi connectivity index (χ3v) is 7.10. The second-order valence-electron chi connectivity index (χ2n) is 8.28. The fourth-order valence-corrected chi connectivity index (χ4v) is 4.76. The fourth-order valence-electron chi connectivity index (χ4n) is 3.39. The van der Waals surface area contributed by atoms with Crippen LogP contribution in [0, 0.1) is 13.8 Å². The minimum absolute atomic E-state index is 0.0138. The number of rotatable bonds is 10. The number of aryl methyl sites for hydroxylation is 2. The second kappa shape index (κ2) is 11.9. The Morgan fingerprint density at radius 1 is 1.09 bits per heavy atom. The quantitative estimate of drug-likeness (QED) is 0.498. The van der Waals surface area contributed by atoms with E-state index in [-0.39, 0.29) is 12.5 Å². The Hall–Kier alpha value is -2.29. The number of amides is 2. The maximum atomic E-state index is 13.5. The van der Waals surface area contributed by atoms with Crippen LogP contribution in [-0.4, -0.2) is 50.5 Å². The van der Waals surface area contributed by atoms with E-state index in [1.807, 2.05) is 19.9 Å². The van der Waals surface area contributed by atoms with Gasteiger partial charge in [0, 0.05) is 23.1 Å². The van der Waals surface area contributed by atoms with E-state index < -0.39 is 28.5 Å². The highest BCUT2D eigenvalue weighted by atomic mass is 35.5. The van der Waals surface area contributed by atoms with Gasteiger partial charge in [-0.2, -0.15) is 0 Å². The molecule has 0 saturated heterocycles. The highest BCUT2D eigenvalue weighted by molar-refractivity contribution is 7.92. The molecule has 186 valence electrons. The standard InChI is InChI=1S/C24H31Cl2N3O4S/c1-6-11-27-24(31)18(4)28(14-19-9-10-20(25)13-21(19)26)23(30)15-29(34(5,32)33)22-12-16(2)7-8-17(22)3/h7-10,12-13,18H,6,11,14-15H2,1-5H3,(H,27,31)/t18-/m0/s1. The summed E-state index contributed by atoms with van der Waals surface area (Å²) in [6.07, 6.45) is 1.80. The van der Waals surface area contributed by atoms with Gasteiger partial charge < -0.3 is 10.2 Å². The summed E-state index contributed by atoms with van der Waals surface area (Å²) >= 11 is 12.3. The molecule has 2 aromatic carbocycles. The first-order chi connectivity index (χ1) is 15.8. The Labute approximate surface area is 212 Å². The maximum absolute atomic E-state index is 13.5. The van der Waals surface area contributed by atoms with Crippen LogP contribution in [0.5, 0.6) is 0 Å². The van der Waals surface area contributed by atoms with Gasteiger partial charge in [-0.3, -0.25) is 13.9 Å². The van der Waals surface area contributed by atoms with Crippen LogP contribution in [0.1, 0.15) is 37.0 Å². The Morgan fingerprint density at radius 3 is 2.35 bits per heavy atom. The first-order valence-corrected chi connectivity index (χ1v) is 13.5. The molecular weight excluding hydrogens is 497 g/mol. The van der Waals surface area contributed by atoms with Crippen LogP contribution in [0.15, 0.2) is 36.4 Å². The topological polar surface area (TPSA) is 86.8 Å². The number of nitrogens with one attached hydrogen (secondary N) is 1. The minimum atomic E-state index is -3.79. The molecule has 0 aliphatic carbocycles. The fraction of sp³-hybridized carbons (Fsp3) is 0.417. The average molecular weight is 529 g/mol.